The van der Waals surface area contributed by atoms with Crippen molar-refractivity contribution in [3.05, 3.63) is 144 Å². The molecule has 4 nitrogen and oxygen atoms in total. The maximum atomic E-state index is 11.9. The van der Waals surface area contributed by atoms with Gasteiger partial charge < -0.3 is 20.1 Å². The Bertz CT molecular complexity index is 1080. The highest BCUT2D eigenvalue weighted by molar-refractivity contribution is 5.37. The van der Waals surface area contributed by atoms with E-state index in [0.717, 1.165) is 22.3 Å². The van der Waals surface area contributed by atoms with E-state index >= 15 is 0 Å². The van der Waals surface area contributed by atoms with Crippen LogP contribution < -0.4 is 0 Å². The van der Waals surface area contributed by atoms with E-state index in [0.29, 0.717) is 12.8 Å². The molecule has 0 bridgehead atoms. The third-order valence-electron chi connectivity index (χ3n) is 6.76. The molecule has 1 atom stereocenters. The largest absolute Gasteiger partial charge is 0.396 e. The van der Waals surface area contributed by atoms with Crippen molar-refractivity contribution in [2.75, 3.05) is 6.61 Å². The van der Waals surface area contributed by atoms with Gasteiger partial charge in [-0.1, -0.05) is 121 Å². The van der Waals surface area contributed by atoms with Gasteiger partial charge in [-0.15, -0.1) is 0 Å². The number of benzene rings is 4. The van der Waals surface area contributed by atoms with Gasteiger partial charge in [0.1, 0.15) is 11.2 Å². The molecular formula is C32H34O4. The van der Waals surface area contributed by atoms with Crippen molar-refractivity contribution in [3.63, 3.8) is 0 Å². The summed E-state index contributed by atoms with van der Waals surface area (Å²) in [5.74, 6) is 0. The molecule has 0 radical (unpaired) electrons. The van der Waals surface area contributed by atoms with Crippen LogP contribution in [0.3, 0.4) is 0 Å². The summed E-state index contributed by atoms with van der Waals surface area (Å²) in [4.78, 5) is 0. The quantitative estimate of drug-likeness (QED) is 0.225. The topological polar surface area (TPSA) is 69.9 Å². The highest BCUT2D eigenvalue weighted by atomic mass is 16.6. The van der Waals surface area contributed by atoms with Gasteiger partial charge in [0.15, 0.2) is 6.29 Å². The summed E-state index contributed by atoms with van der Waals surface area (Å²) >= 11 is 0. The summed E-state index contributed by atoms with van der Waals surface area (Å²) in [6.07, 6.45) is 0.330. The number of hydrogen-bond acceptors (Lipinski definition) is 4. The summed E-state index contributed by atoms with van der Waals surface area (Å²) in [7, 11) is 0. The first-order chi connectivity index (χ1) is 17.6. The minimum atomic E-state index is -1.28. The molecule has 1 unspecified atom stereocenters. The van der Waals surface area contributed by atoms with Crippen molar-refractivity contribution < 1.29 is 20.1 Å². The van der Waals surface area contributed by atoms with E-state index in [1.54, 1.807) is 0 Å². The Kier molecular flexibility index (Phi) is 8.68. The van der Waals surface area contributed by atoms with E-state index < -0.39 is 17.5 Å². The van der Waals surface area contributed by atoms with Crippen LogP contribution in [0, 0.1) is 0 Å². The van der Waals surface area contributed by atoms with Crippen molar-refractivity contribution in [2.24, 2.45) is 0 Å². The molecular weight excluding hydrogens is 448 g/mol. The lowest BCUT2D eigenvalue weighted by molar-refractivity contribution is -0.185. The molecule has 0 saturated heterocycles. The summed E-state index contributed by atoms with van der Waals surface area (Å²) in [6, 6.07) is 38.7. The highest BCUT2D eigenvalue weighted by Crippen LogP contribution is 2.41. The number of aliphatic hydroxyl groups is 3. The second-order valence-corrected chi connectivity index (χ2v) is 9.09. The summed E-state index contributed by atoms with van der Waals surface area (Å²) in [5, 5.41) is 32.8. The predicted molar refractivity (Wildman–Crippen MR) is 142 cm³/mol. The normalized spacial score (nSPS) is 12.9. The number of aliphatic hydroxyl groups excluding tert-OH is 2. The average molecular weight is 483 g/mol. The molecule has 36 heavy (non-hydrogen) atoms. The summed E-state index contributed by atoms with van der Waals surface area (Å²) in [5.41, 5.74) is 1.12. The summed E-state index contributed by atoms with van der Waals surface area (Å²) < 4.78 is 6.51. The van der Waals surface area contributed by atoms with E-state index in [-0.39, 0.29) is 19.4 Å². The van der Waals surface area contributed by atoms with Crippen LogP contribution in [0.5, 0.6) is 0 Å². The zero-order valence-electron chi connectivity index (χ0n) is 20.4. The number of hydrogen-bond donors (Lipinski definition) is 3. The molecule has 4 heteroatoms. The van der Waals surface area contributed by atoms with Crippen molar-refractivity contribution in [1.29, 1.82) is 0 Å². The number of rotatable bonds is 12. The minimum absolute atomic E-state index is 0.0165. The molecule has 0 heterocycles. The van der Waals surface area contributed by atoms with E-state index in [9.17, 15) is 15.3 Å². The highest BCUT2D eigenvalue weighted by Gasteiger charge is 2.38. The van der Waals surface area contributed by atoms with Crippen LogP contribution in [0.1, 0.15) is 47.9 Å². The molecule has 0 amide bonds. The van der Waals surface area contributed by atoms with Crippen LogP contribution in [0.15, 0.2) is 121 Å². The molecule has 0 spiro atoms. The van der Waals surface area contributed by atoms with Crippen molar-refractivity contribution in [3.8, 4) is 0 Å². The van der Waals surface area contributed by atoms with Gasteiger partial charge in [0.2, 0.25) is 0 Å². The average Bonchev–Trinajstić information content (AvgIpc) is 2.96. The molecule has 0 fully saturated rings. The van der Waals surface area contributed by atoms with Gasteiger partial charge in [-0.05, 0) is 41.5 Å². The lowest BCUT2D eigenvalue weighted by Crippen LogP contribution is -2.37. The third-order valence-corrected chi connectivity index (χ3v) is 6.76. The molecule has 4 aromatic rings. The maximum absolute atomic E-state index is 11.9. The first kappa shape index (κ1) is 25.8. The van der Waals surface area contributed by atoms with E-state index in [2.05, 4.69) is 0 Å². The molecule has 186 valence electrons. The van der Waals surface area contributed by atoms with E-state index in [1.807, 2.05) is 121 Å². The van der Waals surface area contributed by atoms with Crippen LogP contribution in [0.4, 0.5) is 0 Å². The van der Waals surface area contributed by atoms with E-state index in [4.69, 9.17) is 4.74 Å². The van der Waals surface area contributed by atoms with Crippen molar-refractivity contribution in [2.45, 2.75) is 43.2 Å². The Hall–Kier alpha value is -3.28. The molecule has 4 rings (SSSR count). The van der Waals surface area contributed by atoms with E-state index in [1.165, 1.54) is 0 Å². The van der Waals surface area contributed by atoms with Gasteiger partial charge in [0.05, 0.1) is 0 Å². The Morgan fingerprint density at radius 2 is 0.972 bits per heavy atom. The first-order valence-corrected chi connectivity index (χ1v) is 12.5. The molecule has 4 aromatic carbocycles. The van der Waals surface area contributed by atoms with Gasteiger partial charge in [-0.2, -0.15) is 0 Å². The van der Waals surface area contributed by atoms with Crippen LogP contribution in [0.25, 0.3) is 0 Å². The zero-order valence-corrected chi connectivity index (χ0v) is 20.4. The predicted octanol–water partition coefficient (Wildman–Crippen LogP) is 5.75. The van der Waals surface area contributed by atoms with Gasteiger partial charge in [0, 0.05) is 13.0 Å². The molecule has 0 saturated carbocycles. The lowest BCUT2D eigenvalue weighted by Gasteiger charge is -2.38. The smallest absolute Gasteiger partial charge is 0.156 e. The van der Waals surface area contributed by atoms with Gasteiger partial charge in [-0.3, -0.25) is 0 Å². The fourth-order valence-corrected chi connectivity index (χ4v) is 4.90. The molecule has 0 aliphatic heterocycles. The van der Waals surface area contributed by atoms with Crippen molar-refractivity contribution >= 4 is 0 Å². The van der Waals surface area contributed by atoms with Crippen LogP contribution in [-0.2, 0) is 15.9 Å². The van der Waals surface area contributed by atoms with Crippen LogP contribution in [-0.4, -0.2) is 28.2 Å². The van der Waals surface area contributed by atoms with Crippen LogP contribution >= 0.6 is 0 Å². The maximum Gasteiger partial charge on any atom is 0.156 e. The molecule has 3 N–H and O–H groups in total. The van der Waals surface area contributed by atoms with Gasteiger partial charge in [-0.25, -0.2) is 0 Å². The van der Waals surface area contributed by atoms with Crippen molar-refractivity contribution in [1.82, 2.24) is 0 Å². The summed E-state index contributed by atoms with van der Waals surface area (Å²) in [6.45, 7) is 0.0165. The second kappa shape index (κ2) is 12.1. The third kappa shape index (κ3) is 5.75. The Labute approximate surface area is 213 Å². The first-order valence-electron chi connectivity index (χ1n) is 12.5. The molecule has 0 aliphatic rings. The lowest BCUT2D eigenvalue weighted by atomic mass is 9.81. The Morgan fingerprint density at radius 3 is 1.36 bits per heavy atom. The molecule has 0 aromatic heterocycles. The van der Waals surface area contributed by atoms with Gasteiger partial charge in [0.25, 0.3) is 0 Å². The molecule has 0 aliphatic carbocycles. The zero-order chi connectivity index (χ0) is 25.3. The number of ether oxygens (including phenoxy) is 1. The Balaban J connectivity index is 1.64. The monoisotopic (exact) mass is 482 g/mol. The fraction of sp³-hybridized carbons (Fsp3) is 0.250. The standard InChI is InChI=1S/C32H34O4/c33-25-13-23-32(28-18-9-3-10-19-28,29-20-11-4-12-21-29)36-30(34)22-24-31(35,26-14-5-1-6-15-26)27-16-7-2-8-17-27/h1-12,14-21,30,33-35H,13,22-25H2. The minimum Gasteiger partial charge on any atom is -0.396 e. The Morgan fingerprint density at radius 1 is 0.583 bits per heavy atom. The fourth-order valence-electron chi connectivity index (χ4n) is 4.90. The van der Waals surface area contributed by atoms with Gasteiger partial charge >= 0.3 is 0 Å². The SMILES string of the molecule is OCCCC(OC(O)CCC(O)(c1ccccc1)c1ccccc1)(c1ccccc1)c1ccccc1. The van der Waals surface area contributed by atoms with Crippen LogP contribution in [0.2, 0.25) is 0 Å². The second-order valence-electron chi connectivity index (χ2n) is 9.09.